The van der Waals surface area contributed by atoms with Crippen LogP contribution < -0.4 is 0 Å². The maximum atomic E-state index is 11.1. The van der Waals surface area contributed by atoms with Crippen LogP contribution in [0, 0.1) is 10.5 Å². The molecule has 0 atom stereocenters. The number of rotatable bonds is 3. The maximum absolute atomic E-state index is 11.1. The van der Waals surface area contributed by atoms with Crippen molar-refractivity contribution < 1.29 is 9.90 Å². The number of aromatic carboxylic acids is 1. The second-order valence-electron chi connectivity index (χ2n) is 3.96. The number of aromatic nitrogens is 1. The molecule has 0 saturated carbocycles. The van der Waals surface area contributed by atoms with Crippen LogP contribution in [-0.2, 0) is 6.54 Å². The first-order valence-corrected chi connectivity index (χ1v) is 6.28. The highest BCUT2D eigenvalue weighted by Crippen LogP contribution is 2.14. The van der Waals surface area contributed by atoms with Gasteiger partial charge in [0.25, 0.3) is 0 Å². The highest BCUT2D eigenvalue weighted by atomic mass is 127. The minimum atomic E-state index is -0.889. The van der Waals surface area contributed by atoms with Gasteiger partial charge < -0.3 is 9.67 Å². The van der Waals surface area contributed by atoms with Crippen LogP contribution in [-0.4, -0.2) is 15.6 Å². The topological polar surface area (TPSA) is 42.2 Å². The molecule has 1 N–H and O–H groups in total. The smallest absolute Gasteiger partial charge is 0.352 e. The van der Waals surface area contributed by atoms with Gasteiger partial charge in [0.1, 0.15) is 5.69 Å². The molecule has 1 aromatic heterocycles. The van der Waals surface area contributed by atoms with Gasteiger partial charge in [-0.05, 0) is 41.1 Å². The van der Waals surface area contributed by atoms with Gasteiger partial charge in [0, 0.05) is 16.3 Å². The predicted octanol–water partition coefficient (Wildman–Crippen LogP) is 3.15. The van der Waals surface area contributed by atoms with Crippen molar-refractivity contribution in [1.29, 1.82) is 0 Å². The second kappa shape index (κ2) is 4.91. The minimum absolute atomic E-state index is 0.329. The van der Waals surface area contributed by atoms with Gasteiger partial charge in [-0.3, -0.25) is 0 Å². The molecule has 17 heavy (non-hydrogen) atoms. The number of nitrogens with zero attached hydrogens (tertiary/aromatic N) is 1. The molecule has 88 valence electrons. The molecule has 0 radical (unpaired) electrons. The SMILES string of the molecule is Cc1ccc(Cn2cc(I)cc2C(=O)O)cc1. The Morgan fingerprint density at radius 1 is 1.35 bits per heavy atom. The van der Waals surface area contributed by atoms with E-state index in [2.05, 4.69) is 22.6 Å². The summed E-state index contributed by atoms with van der Waals surface area (Å²) in [7, 11) is 0. The Bertz CT molecular complexity index is 543. The van der Waals surface area contributed by atoms with E-state index in [1.807, 2.05) is 37.4 Å². The first kappa shape index (κ1) is 12.2. The van der Waals surface area contributed by atoms with Gasteiger partial charge in [-0.2, -0.15) is 0 Å². The molecule has 0 aliphatic carbocycles. The molecular formula is C13H12INO2. The fourth-order valence-corrected chi connectivity index (χ4v) is 2.31. The van der Waals surface area contributed by atoms with Gasteiger partial charge in [-0.1, -0.05) is 29.8 Å². The van der Waals surface area contributed by atoms with Gasteiger partial charge >= 0.3 is 5.97 Å². The van der Waals surface area contributed by atoms with Crippen molar-refractivity contribution in [2.75, 3.05) is 0 Å². The lowest BCUT2D eigenvalue weighted by atomic mass is 10.1. The van der Waals surface area contributed by atoms with E-state index in [-0.39, 0.29) is 0 Å². The average Bonchev–Trinajstić information content (AvgIpc) is 2.63. The van der Waals surface area contributed by atoms with Crippen molar-refractivity contribution in [1.82, 2.24) is 4.57 Å². The van der Waals surface area contributed by atoms with Crippen molar-refractivity contribution in [3.8, 4) is 0 Å². The van der Waals surface area contributed by atoms with Gasteiger partial charge in [-0.25, -0.2) is 4.79 Å². The summed E-state index contributed by atoms with van der Waals surface area (Å²) in [5.74, 6) is -0.889. The standard InChI is InChI=1S/C13H12INO2/c1-9-2-4-10(5-3-9)7-15-8-11(14)6-12(15)13(16)17/h2-6,8H,7H2,1H3,(H,16,17). The molecule has 0 amide bonds. The lowest BCUT2D eigenvalue weighted by Gasteiger charge is -2.06. The van der Waals surface area contributed by atoms with Crippen LogP contribution in [0.5, 0.6) is 0 Å². The molecule has 0 bridgehead atoms. The zero-order valence-corrected chi connectivity index (χ0v) is 11.5. The summed E-state index contributed by atoms with van der Waals surface area (Å²) in [6, 6.07) is 9.78. The quantitative estimate of drug-likeness (QED) is 0.872. The van der Waals surface area contributed by atoms with Crippen LogP contribution in [0.4, 0.5) is 0 Å². The van der Waals surface area contributed by atoms with Gasteiger partial charge in [0.2, 0.25) is 0 Å². The average molecular weight is 341 g/mol. The fourth-order valence-electron chi connectivity index (χ4n) is 1.67. The van der Waals surface area contributed by atoms with Crippen molar-refractivity contribution >= 4 is 28.6 Å². The zero-order valence-electron chi connectivity index (χ0n) is 9.35. The van der Waals surface area contributed by atoms with E-state index >= 15 is 0 Å². The second-order valence-corrected chi connectivity index (χ2v) is 5.21. The molecule has 4 heteroatoms. The summed E-state index contributed by atoms with van der Waals surface area (Å²) in [6.07, 6.45) is 1.85. The van der Waals surface area contributed by atoms with Gasteiger partial charge in [0.05, 0.1) is 0 Å². The van der Waals surface area contributed by atoms with E-state index in [9.17, 15) is 4.79 Å². The van der Waals surface area contributed by atoms with Gasteiger partial charge in [-0.15, -0.1) is 0 Å². The van der Waals surface area contributed by atoms with Crippen LogP contribution >= 0.6 is 22.6 Å². The third-order valence-corrected chi connectivity index (χ3v) is 3.15. The van der Waals surface area contributed by atoms with Crippen LogP contribution in [0.2, 0.25) is 0 Å². The molecule has 0 fully saturated rings. The van der Waals surface area contributed by atoms with E-state index in [1.54, 1.807) is 10.6 Å². The van der Waals surface area contributed by atoms with Crippen LogP contribution in [0.1, 0.15) is 21.6 Å². The molecule has 0 unspecified atom stereocenters. The summed E-state index contributed by atoms with van der Waals surface area (Å²) >= 11 is 2.12. The minimum Gasteiger partial charge on any atom is -0.477 e. The normalized spacial score (nSPS) is 10.5. The predicted molar refractivity (Wildman–Crippen MR) is 74.4 cm³/mol. The van der Waals surface area contributed by atoms with Crippen LogP contribution in [0.15, 0.2) is 36.5 Å². The highest BCUT2D eigenvalue weighted by molar-refractivity contribution is 14.1. The van der Waals surface area contributed by atoms with Crippen molar-refractivity contribution in [2.24, 2.45) is 0 Å². The molecule has 0 aliphatic rings. The van der Waals surface area contributed by atoms with E-state index in [0.29, 0.717) is 12.2 Å². The van der Waals surface area contributed by atoms with E-state index in [0.717, 1.165) is 9.13 Å². The first-order valence-electron chi connectivity index (χ1n) is 5.21. The van der Waals surface area contributed by atoms with Crippen molar-refractivity contribution in [3.05, 3.63) is 56.9 Å². The molecule has 3 nitrogen and oxygen atoms in total. The molecule has 0 spiro atoms. The summed E-state index contributed by atoms with van der Waals surface area (Å²) in [5, 5.41) is 9.08. The summed E-state index contributed by atoms with van der Waals surface area (Å²) in [5.41, 5.74) is 2.63. The van der Waals surface area contributed by atoms with E-state index in [4.69, 9.17) is 5.11 Å². The number of benzene rings is 1. The molecule has 1 heterocycles. The fraction of sp³-hybridized carbons (Fsp3) is 0.154. The lowest BCUT2D eigenvalue weighted by molar-refractivity contribution is 0.0685. The number of carboxylic acids is 1. The Kier molecular flexibility index (Phi) is 3.51. The van der Waals surface area contributed by atoms with Crippen molar-refractivity contribution in [3.63, 3.8) is 0 Å². The number of hydrogen-bond donors (Lipinski definition) is 1. The monoisotopic (exact) mass is 341 g/mol. The van der Waals surface area contributed by atoms with Crippen molar-refractivity contribution in [2.45, 2.75) is 13.5 Å². The van der Waals surface area contributed by atoms with Crippen LogP contribution in [0.3, 0.4) is 0 Å². The largest absolute Gasteiger partial charge is 0.477 e. The highest BCUT2D eigenvalue weighted by Gasteiger charge is 2.11. The third-order valence-electron chi connectivity index (χ3n) is 2.56. The molecular weight excluding hydrogens is 329 g/mol. The molecule has 1 aromatic carbocycles. The molecule has 0 saturated heterocycles. The third kappa shape index (κ3) is 2.88. The van der Waals surface area contributed by atoms with E-state index in [1.165, 1.54) is 5.56 Å². The van der Waals surface area contributed by atoms with E-state index < -0.39 is 5.97 Å². The zero-order chi connectivity index (χ0) is 12.4. The number of halogens is 1. The summed E-state index contributed by atoms with van der Waals surface area (Å²) < 4.78 is 2.70. The Morgan fingerprint density at radius 2 is 2.00 bits per heavy atom. The molecule has 0 aliphatic heterocycles. The van der Waals surface area contributed by atoms with Crippen LogP contribution in [0.25, 0.3) is 0 Å². The lowest BCUT2D eigenvalue weighted by Crippen LogP contribution is -2.08. The number of aryl methyl sites for hydroxylation is 1. The molecule has 2 aromatic rings. The maximum Gasteiger partial charge on any atom is 0.352 e. The number of carboxylic acid groups (broad SMARTS) is 1. The Morgan fingerprint density at radius 3 is 2.59 bits per heavy atom. The summed E-state index contributed by atoms with van der Waals surface area (Å²) in [4.78, 5) is 11.1. The van der Waals surface area contributed by atoms with Gasteiger partial charge in [0.15, 0.2) is 0 Å². The Labute approximate surface area is 113 Å². The molecule has 2 rings (SSSR count). The number of hydrogen-bond acceptors (Lipinski definition) is 1. The Hall–Kier alpha value is -1.30. The summed E-state index contributed by atoms with van der Waals surface area (Å²) in [6.45, 7) is 2.62. The first-order chi connectivity index (χ1) is 8.06. The Balaban J connectivity index is 2.29. The number of carbonyl (C=O) groups is 1.